The molecule has 2 atom stereocenters. The Morgan fingerprint density at radius 2 is 0.685 bits per heavy atom. The highest BCUT2D eigenvalue weighted by atomic mass is 16.5. The Kier molecular flexibility index (Phi) is 61.0. The number of unbranched alkanes of at least 4 members (excludes halogenated alkanes) is 44. The number of amides is 1. The highest BCUT2D eigenvalue weighted by molar-refractivity contribution is 5.76. The van der Waals surface area contributed by atoms with Crippen LogP contribution in [0, 0.1) is 0 Å². The van der Waals surface area contributed by atoms with Crippen LogP contribution >= 0.6 is 0 Å². The van der Waals surface area contributed by atoms with Gasteiger partial charge in [-0.2, -0.15) is 0 Å². The number of nitrogens with one attached hydrogen (secondary N) is 1. The van der Waals surface area contributed by atoms with Crippen LogP contribution in [-0.2, 0) is 14.3 Å². The second-order valence-electron chi connectivity index (χ2n) is 22.4. The Morgan fingerprint density at radius 1 is 0.384 bits per heavy atom. The van der Waals surface area contributed by atoms with Crippen molar-refractivity contribution in [3.8, 4) is 0 Å². The van der Waals surface area contributed by atoms with Crippen molar-refractivity contribution >= 4 is 11.9 Å². The van der Waals surface area contributed by atoms with Gasteiger partial charge in [-0.05, 0) is 83.5 Å². The molecule has 6 heteroatoms. The van der Waals surface area contributed by atoms with E-state index in [-0.39, 0.29) is 18.5 Å². The maximum atomic E-state index is 12.4. The molecule has 0 fully saturated rings. The molecule has 0 heterocycles. The molecule has 0 aliphatic carbocycles. The fourth-order valence-corrected chi connectivity index (χ4v) is 10.1. The summed E-state index contributed by atoms with van der Waals surface area (Å²) in [5, 5.41) is 23.2. The number of esters is 1. The van der Waals surface area contributed by atoms with Crippen LogP contribution in [0.1, 0.15) is 354 Å². The summed E-state index contributed by atoms with van der Waals surface area (Å²) in [5.41, 5.74) is 0. The number of carbonyl (C=O) groups excluding carboxylic acids is 2. The Morgan fingerprint density at radius 3 is 1.07 bits per heavy atom. The first-order valence-electron chi connectivity index (χ1n) is 32.7. The van der Waals surface area contributed by atoms with E-state index in [9.17, 15) is 19.8 Å². The van der Waals surface area contributed by atoms with Crippen molar-refractivity contribution in [2.24, 2.45) is 0 Å². The lowest BCUT2D eigenvalue weighted by Gasteiger charge is -2.22. The molecule has 0 aromatic heterocycles. The predicted octanol–water partition coefficient (Wildman–Crippen LogP) is 20.8. The normalized spacial score (nSPS) is 12.8. The number of hydrogen-bond donors (Lipinski definition) is 3. The van der Waals surface area contributed by atoms with E-state index in [0.29, 0.717) is 25.9 Å². The third-order valence-electron chi connectivity index (χ3n) is 15.2. The lowest BCUT2D eigenvalue weighted by atomic mass is 10.0. The molecule has 2 unspecified atom stereocenters. The van der Waals surface area contributed by atoms with Gasteiger partial charge in [0, 0.05) is 12.8 Å². The van der Waals surface area contributed by atoms with E-state index >= 15 is 0 Å². The zero-order valence-corrected chi connectivity index (χ0v) is 49.1. The molecular weight excluding hydrogens is 899 g/mol. The van der Waals surface area contributed by atoms with E-state index in [1.165, 1.54) is 270 Å². The summed E-state index contributed by atoms with van der Waals surface area (Å²) in [6.45, 7) is 4.93. The van der Waals surface area contributed by atoms with Crippen molar-refractivity contribution in [3.05, 3.63) is 36.5 Å². The molecule has 0 bridgehead atoms. The van der Waals surface area contributed by atoms with Crippen LogP contribution < -0.4 is 5.32 Å². The van der Waals surface area contributed by atoms with Crippen molar-refractivity contribution in [2.45, 2.75) is 366 Å². The van der Waals surface area contributed by atoms with Crippen molar-refractivity contribution in [1.82, 2.24) is 5.32 Å². The molecule has 0 spiro atoms. The van der Waals surface area contributed by atoms with Crippen molar-refractivity contribution in [2.75, 3.05) is 13.2 Å². The van der Waals surface area contributed by atoms with Crippen LogP contribution in [-0.4, -0.2) is 47.4 Å². The quantitative estimate of drug-likeness (QED) is 0.0320. The predicted molar refractivity (Wildman–Crippen MR) is 319 cm³/mol. The fraction of sp³-hybridized carbons (Fsp3) is 0.881. The summed E-state index contributed by atoms with van der Waals surface area (Å²) in [6.07, 6.45) is 79.0. The van der Waals surface area contributed by atoms with Gasteiger partial charge in [0.2, 0.25) is 5.91 Å². The van der Waals surface area contributed by atoms with Crippen LogP contribution in [0.15, 0.2) is 36.5 Å². The van der Waals surface area contributed by atoms with E-state index in [2.05, 4.69) is 55.6 Å². The number of allylic oxidation sites excluding steroid dienone is 6. The zero-order valence-electron chi connectivity index (χ0n) is 49.1. The van der Waals surface area contributed by atoms with Gasteiger partial charge in [0.15, 0.2) is 0 Å². The number of rotatable bonds is 61. The first-order chi connectivity index (χ1) is 36.0. The van der Waals surface area contributed by atoms with Crippen molar-refractivity contribution in [3.63, 3.8) is 0 Å². The smallest absolute Gasteiger partial charge is 0.305 e. The fourth-order valence-electron chi connectivity index (χ4n) is 10.1. The summed E-state index contributed by atoms with van der Waals surface area (Å²) < 4.78 is 5.47. The minimum Gasteiger partial charge on any atom is -0.466 e. The van der Waals surface area contributed by atoms with Gasteiger partial charge in [0.1, 0.15) is 0 Å². The van der Waals surface area contributed by atoms with E-state index in [4.69, 9.17) is 4.74 Å². The number of ether oxygens (including phenoxy) is 1. The standard InChI is InChI=1S/C67H127NO5/c1-3-5-7-9-11-13-15-37-41-45-49-53-57-61-67(72)73-62-58-54-50-46-42-39-36-34-32-30-28-26-24-22-20-18-16-17-19-21-23-25-27-29-31-33-35-38-40-44-48-52-56-60-66(71)68-64(63-69)65(70)59-55-51-47-43-14-12-10-8-6-4-2/h13,15,20,22,26,28,64-65,69-70H,3-12,14,16-19,21,23-25,27,29-63H2,1-2H3,(H,68,71)/b15-13-,22-20-,28-26-. The monoisotopic (exact) mass is 1030 g/mol. The van der Waals surface area contributed by atoms with Crippen molar-refractivity contribution < 1.29 is 24.5 Å². The number of carbonyl (C=O) groups is 2. The lowest BCUT2D eigenvalue weighted by molar-refractivity contribution is -0.143. The largest absolute Gasteiger partial charge is 0.466 e. The molecule has 0 radical (unpaired) electrons. The van der Waals surface area contributed by atoms with Gasteiger partial charge in [-0.3, -0.25) is 9.59 Å². The van der Waals surface area contributed by atoms with Crippen LogP contribution in [0.4, 0.5) is 0 Å². The minimum absolute atomic E-state index is 0.00486. The highest BCUT2D eigenvalue weighted by Gasteiger charge is 2.20. The van der Waals surface area contributed by atoms with E-state index in [1.807, 2.05) is 0 Å². The highest BCUT2D eigenvalue weighted by Crippen LogP contribution is 2.18. The maximum Gasteiger partial charge on any atom is 0.305 e. The molecule has 73 heavy (non-hydrogen) atoms. The van der Waals surface area contributed by atoms with Crippen LogP contribution in [0.5, 0.6) is 0 Å². The third kappa shape index (κ3) is 59.2. The Labute approximate surface area is 455 Å². The van der Waals surface area contributed by atoms with E-state index < -0.39 is 12.1 Å². The summed E-state index contributed by atoms with van der Waals surface area (Å²) >= 11 is 0. The second kappa shape index (κ2) is 62.6. The lowest BCUT2D eigenvalue weighted by Crippen LogP contribution is -2.45. The average Bonchev–Trinajstić information content (AvgIpc) is 3.39. The van der Waals surface area contributed by atoms with Crippen LogP contribution in [0.2, 0.25) is 0 Å². The Hall–Kier alpha value is -1.92. The maximum absolute atomic E-state index is 12.4. The molecule has 3 N–H and O–H groups in total. The SMILES string of the molecule is CCCCCC/C=C\CCCCCCCC(=O)OCCCCCCCCCCC/C=C\C/C=C\CCCCCCCCCCCCCCCCCCCC(=O)NC(CO)C(O)CCCCCCCCCCCC. The van der Waals surface area contributed by atoms with Crippen LogP contribution in [0.25, 0.3) is 0 Å². The molecule has 0 saturated carbocycles. The van der Waals surface area contributed by atoms with Gasteiger partial charge in [0.05, 0.1) is 25.4 Å². The molecule has 6 nitrogen and oxygen atoms in total. The topological polar surface area (TPSA) is 95.9 Å². The summed E-state index contributed by atoms with van der Waals surface area (Å²) in [6, 6.07) is -0.538. The molecule has 0 saturated heterocycles. The second-order valence-corrected chi connectivity index (χ2v) is 22.4. The van der Waals surface area contributed by atoms with Crippen molar-refractivity contribution in [1.29, 1.82) is 0 Å². The van der Waals surface area contributed by atoms with Crippen LogP contribution in [0.3, 0.4) is 0 Å². The summed E-state index contributed by atoms with van der Waals surface area (Å²) in [4.78, 5) is 24.5. The molecule has 0 aliphatic rings. The Bertz CT molecular complexity index is 1180. The molecule has 0 rings (SSSR count). The van der Waals surface area contributed by atoms with Gasteiger partial charge < -0.3 is 20.3 Å². The van der Waals surface area contributed by atoms with Gasteiger partial charge in [-0.15, -0.1) is 0 Å². The summed E-state index contributed by atoms with van der Waals surface area (Å²) in [5.74, 6) is -0.0289. The number of aliphatic hydroxyl groups is 2. The molecule has 430 valence electrons. The average molecular weight is 1030 g/mol. The Balaban J connectivity index is 3.36. The minimum atomic E-state index is -0.661. The van der Waals surface area contributed by atoms with Gasteiger partial charge in [-0.25, -0.2) is 0 Å². The van der Waals surface area contributed by atoms with Gasteiger partial charge in [-0.1, -0.05) is 294 Å². The van der Waals surface area contributed by atoms with E-state index in [0.717, 1.165) is 51.4 Å². The molecule has 0 aliphatic heterocycles. The summed E-state index contributed by atoms with van der Waals surface area (Å²) in [7, 11) is 0. The molecule has 1 amide bonds. The molecule has 0 aromatic rings. The molecular formula is C67H127NO5. The van der Waals surface area contributed by atoms with Gasteiger partial charge in [0.25, 0.3) is 0 Å². The first-order valence-corrected chi connectivity index (χ1v) is 32.7. The first kappa shape index (κ1) is 71.1. The van der Waals surface area contributed by atoms with E-state index in [1.54, 1.807) is 0 Å². The van der Waals surface area contributed by atoms with Gasteiger partial charge >= 0.3 is 5.97 Å². The zero-order chi connectivity index (χ0) is 52.9. The number of hydrogen-bond acceptors (Lipinski definition) is 5. The molecule has 0 aromatic carbocycles. The number of aliphatic hydroxyl groups excluding tert-OH is 2. The third-order valence-corrected chi connectivity index (χ3v) is 15.2.